The number of ketones is 2. The summed E-state index contributed by atoms with van der Waals surface area (Å²) in [4.78, 5) is 31.1. The molecule has 0 N–H and O–H groups in total. The van der Waals surface area contributed by atoms with Crippen LogP contribution >= 0.6 is 0 Å². The first-order valence-corrected chi connectivity index (χ1v) is 9.04. The maximum Gasteiger partial charge on any atom is 0.212 e. The van der Waals surface area contributed by atoms with E-state index in [0.717, 1.165) is 0 Å². The minimum absolute atomic E-state index is 0.116. The molecule has 1 heterocycles. The zero-order chi connectivity index (χ0) is 20.1. The normalized spacial score (nSPS) is 12.6. The lowest BCUT2D eigenvalue weighted by Gasteiger charge is -2.21. The van der Waals surface area contributed by atoms with Crippen molar-refractivity contribution in [1.29, 1.82) is 0 Å². The molecule has 1 aliphatic rings. The highest BCUT2D eigenvalue weighted by atomic mass is 19.1. The van der Waals surface area contributed by atoms with Crippen LogP contribution in [0.5, 0.6) is 5.75 Å². The van der Waals surface area contributed by atoms with Crippen LogP contribution in [-0.4, -0.2) is 23.7 Å². The van der Waals surface area contributed by atoms with Gasteiger partial charge in [-0.05, 0) is 35.9 Å². The van der Waals surface area contributed by atoms with Crippen LogP contribution in [-0.2, 0) is 0 Å². The Morgan fingerprint density at radius 2 is 1.52 bits per heavy atom. The van der Waals surface area contributed by atoms with Crippen molar-refractivity contribution in [2.24, 2.45) is 0 Å². The molecule has 3 aromatic carbocycles. The Kier molecular flexibility index (Phi) is 3.77. The third-order valence-electron chi connectivity index (χ3n) is 5.18. The van der Waals surface area contributed by atoms with Crippen LogP contribution in [0.25, 0.3) is 22.0 Å². The number of rotatable bonds is 2. The Morgan fingerprint density at radius 1 is 0.828 bits per heavy atom. The van der Waals surface area contributed by atoms with E-state index in [2.05, 4.69) is 4.98 Å². The average Bonchev–Trinajstić information content (AvgIpc) is 2.76. The third kappa shape index (κ3) is 2.55. The number of benzene rings is 3. The topological polar surface area (TPSA) is 56.3 Å². The average molecular weight is 383 g/mol. The molecule has 0 radical (unpaired) electrons. The number of nitrogens with zero attached hydrogens (tertiary/aromatic N) is 1. The highest BCUT2D eigenvalue weighted by Gasteiger charge is 2.34. The molecule has 0 unspecified atom stereocenters. The van der Waals surface area contributed by atoms with Crippen LogP contribution in [0.3, 0.4) is 0 Å². The molecule has 0 saturated heterocycles. The molecular formula is C24H14FNO3. The van der Waals surface area contributed by atoms with Crippen LogP contribution in [0, 0.1) is 5.82 Å². The van der Waals surface area contributed by atoms with E-state index >= 15 is 0 Å². The number of ether oxygens (including phenoxy) is 1. The van der Waals surface area contributed by atoms with E-state index in [1.54, 1.807) is 61.7 Å². The minimum Gasteiger partial charge on any atom is -0.497 e. The summed E-state index contributed by atoms with van der Waals surface area (Å²) in [5.74, 6) is -0.355. The number of carbonyl (C=O) groups is 2. The lowest BCUT2D eigenvalue weighted by molar-refractivity contribution is 0.0976. The summed E-state index contributed by atoms with van der Waals surface area (Å²) in [7, 11) is 1.55. The number of aromatic nitrogens is 1. The monoisotopic (exact) mass is 383 g/mol. The molecule has 1 aliphatic carbocycles. The van der Waals surface area contributed by atoms with Crippen molar-refractivity contribution < 1.29 is 18.7 Å². The van der Waals surface area contributed by atoms with Crippen LogP contribution in [0.1, 0.15) is 32.0 Å². The molecule has 4 nitrogen and oxygen atoms in total. The number of hydrogen-bond acceptors (Lipinski definition) is 4. The van der Waals surface area contributed by atoms with Gasteiger partial charge in [0, 0.05) is 22.1 Å². The zero-order valence-corrected chi connectivity index (χ0v) is 15.4. The molecule has 0 fully saturated rings. The third-order valence-corrected chi connectivity index (χ3v) is 5.18. The fourth-order valence-corrected chi connectivity index (χ4v) is 3.81. The summed E-state index contributed by atoms with van der Waals surface area (Å²) < 4.78 is 18.9. The molecule has 0 saturated carbocycles. The quantitative estimate of drug-likeness (QED) is 0.438. The molecule has 4 aromatic rings. The summed E-state index contributed by atoms with van der Waals surface area (Å²) >= 11 is 0. The number of hydrogen-bond donors (Lipinski definition) is 0. The number of methoxy groups -OCH3 is 1. The van der Waals surface area contributed by atoms with E-state index < -0.39 is 0 Å². The number of fused-ring (bicyclic) bond motifs is 3. The molecule has 140 valence electrons. The van der Waals surface area contributed by atoms with Gasteiger partial charge in [-0.15, -0.1) is 0 Å². The van der Waals surface area contributed by atoms with E-state index in [4.69, 9.17) is 4.74 Å². The predicted octanol–water partition coefficient (Wildman–Crippen LogP) is 4.82. The summed E-state index contributed by atoms with van der Waals surface area (Å²) in [6, 6.07) is 17.9. The van der Waals surface area contributed by atoms with Gasteiger partial charge in [-0.1, -0.05) is 36.4 Å². The van der Waals surface area contributed by atoms with E-state index in [1.807, 2.05) is 0 Å². The number of pyridine rings is 1. The predicted molar refractivity (Wildman–Crippen MR) is 107 cm³/mol. The van der Waals surface area contributed by atoms with Gasteiger partial charge in [0.2, 0.25) is 5.78 Å². The van der Waals surface area contributed by atoms with E-state index in [0.29, 0.717) is 38.9 Å². The number of halogens is 1. The fraction of sp³-hybridized carbons (Fsp3) is 0.0417. The standard InChI is InChI=1S/C24H14FNO3/c1-29-15-10-11-19-18(12-15)20(13-6-8-14(25)9-7-13)21-22(26-19)24(28)17-5-3-2-4-16(17)23(21)27/h2-12H,1H3. The van der Waals surface area contributed by atoms with Gasteiger partial charge in [0.05, 0.1) is 18.2 Å². The van der Waals surface area contributed by atoms with Crippen molar-refractivity contribution in [3.8, 4) is 16.9 Å². The molecule has 5 rings (SSSR count). The first kappa shape index (κ1) is 17.3. The maximum atomic E-state index is 13.6. The van der Waals surface area contributed by atoms with Crippen LogP contribution in [0.15, 0.2) is 66.7 Å². The second-order valence-corrected chi connectivity index (χ2v) is 6.80. The summed E-state index contributed by atoms with van der Waals surface area (Å²) in [6.07, 6.45) is 0. The fourth-order valence-electron chi connectivity index (χ4n) is 3.81. The van der Waals surface area contributed by atoms with Crippen molar-refractivity contribution in [1.82, 2.24) is 4.98 Å². The Balaban J connectivity index is 1.93. The first-order valence-electron chi connectivity index (χ1n) is 9.04. The van der Waals surface area contributed by atoms with Crippen molar-refractivity contribution in [3.63, 3.8) is 0 Å². The molecule has 0 spiro atoms. The van der Waals surface area contributed by atoms with Gasteiger partial charge in [0.1, 0.15) is 17.3 Å². The second-order valence-electron chi connectivity index (χ2n) is 6.80. The highest BCUT2D eigenvalue weighted by Crippen LogP contribution is 2.39. The summed E-state index contributed by atoms with van der Waals surface area (Å²) in [6.45, 7) is 0. The molecule has 5 heteroatoms. The van der Waals surface area contributed by atoms with Crippen molar-refractivity contribution in [2.75, 3.05) is 7.11 Å². The first-order chi connectivity index (χ1) is 14.1. The second kappa shape index (κ2) is 6.34. The van der Waals surface area contributed by atoms with E-state index in [9.17, 15) is 14.0 Å². The largest absolute Gasteiger partial charge is 0.497 e. The Morgan fingerprint density at radius 3 is 2.21 bits per heavy atom. The summed E-state index contributed by atoms with van der Waals surface area (Å²) in [5.41, 5.74) is 2.78. The van der Waals surface area contributed by atoms with Crippen LogP contribution in [0.2, 0.25) is 0 Å². The Labute approximate surface area is 165 Å². The molecular weight excluding hydrogens is 369 g/mol. The van der Waals surface area contributed by atoms with Gasteiger partial charge in [-0.2, -0.15) is 0 Å². The van der Waals surface area contributed by atoms with Gasteiger partial charge in [-0.3, -0.25) is 9.59 Å². The molecule has 0 bridgehead atoms. The zero-order valence-electron chi connectivity index (χ0n) is 15.4. The van der Waals surface area contributed by atoms with Crippen molar-refractivity contribution in [2.45, 2.75) is 0 Å². The highest BCUT2D eigenvalue weighted by molar-refractivity contribution is 6.31. The van der Waals surface area contributed by atoms with Crippen molar-refractivity contribution >= 4 is 22.5 Å². The van der Waals surface area contributed by atoms with Gasteiger partial charge in [-0.25, -0.2) is 9.37 Å². The Hall–Kier alpha value is -3.86. The molecule has 29 heavy (non-hydrogen) atoms. The molecule has 1 aromatic heterocycles. The van der Waals surface area contributed by atoms with Gasteiger partial charge >= 0.3 is 0 Å². The van der Waals surface area contributed by atoms with Gasteiger partial charge in [0.25, 0.3) is 0 Å². The minimum atomic E-state index is -0.383. The lowest BCUT2D eigenvalue weighted by atomic mass is 9.82. The SMILES string of the molecule is COc1ccc2nc3c(c(-c4ccc(F)cc4)c2c1)C(=O)c1ccccc1C3=O. The lowest BCUT2D eigenvalue weighted by Crippen LogP contribution is -2.23. The Bertz CT molecular complexity index is 1330. The maximum absolute atomic E-state index is 13.6. The van der Waals surface area contributed by atoms with Crippen LogP contribution in [0.4, 0.5) is 4.39 Å². The number of carbonyl (C=O) groups excluding carboxylic acids is 2. The van der Waals surface area contributed by atoms with Crippen molar-refractivity contribution in [3.05, 3.63) is 94.9 Å². The molecule has 0 aliphatic heterocycles. The van der Waals surface area contributed by atoms with Gasteiger partial charge in [0.15, 0.2) is 5.78 Å². The molecule has 0 amide bonds. The summed E-state index contributed by atoms with van der Waals surface area (Å²) in [5, 5.41) is 0.662. The molecule has 0 atom stereocenters. The van der Waals surface area contributed by atoms with Crippen LogP contribution < -0.4 is 4.74 Å². The smallest absolute Gasteiger partial charge is 0.212 e. The van der Waals surface area contributed by atoms with E-state index in [1.165, 1.54) is 12.1 Å². The van der Waals surface area contributed by atoms with E-state index in [-0.39, 0.29) is 28.6 Å². The van der Waals surface area contributed by atoms with Gasteiger partial charge < -0.3 is 4.74 Å².